The molecule has 0 bridgehead atoms. The Kier molecular flexibility index (Phi) is 7.16. The molecule has 0 saturated heterocycles. The van der Waals surface area contributed by atoms with Gasteiger partial charge in [0.2, 0.25) is 0 Å². The third-order valence-corrected chi connectivity index (χ3v) is 3.03. The molecule has 0 rings (SSSR count). The highest BCUT2D eigenvalue weighted by molar-refractivity contribution is 5.42. The molecule has 108 valence electrons. The molecule has 0 radical (unpaired) electrons. The second-order valence-electron chi connectivity index (χ2n) is 4.88. The van der Waals surface area contributed by atoms with E-state index < -0.39 is 0 Å². The number of aliphatic hydroxyl groups excluding tert-OH is 2. The van der Waals surface area contributed by atoms with Gasteiger partial charge in [0.05, 0.1) is 5.76 Å². The molecule has 2 N–H and O–H groups in total. The Morgan fingerprint density at radius 1 is 0.800 bits per heavy atom. The van der Waals surface area contributed by atoms with Gasteiger partial charge in [0.1, 0.15) is 5.76 Å². The van der Waals surface area contributed by atoms with Gasteiger partial charge in [-0.1, -0.05) is 57.9 Å². The number of hydrogen-bond donors (Lipinski definition) is 2. The monoisotopic (exact) mass is 272 g/mol. The third-order valence-electron chi connectivity index (χ3n) is 3.03. The first-order valence-corrected chi connectivity index (χ1v) is 6.36. The number of rotatable bonds is 7. The van der Waals surface area contributed by atoms with E-state index in [0.29, 0.717) is 0 Å². The van der Waals surface area contributed by atoms with Crippen LogP contribution in [0.3, 0.4) is 0 Å². The Labute approximate surface area is 122 Å². The SMILES string of the molecule is C=C/C(O)=C\C=C(/C=C)C(C)(C)/C(C=C)=C/C=C(\C)O. The molecule has 0 aliphatic heterocycles. The smallest absolute Gasteiger partial charge is 0.114 e. The lowest BCUT2D eigenvalue weighted by atomic mass is 9.76. The highest BCUT2D eigenvalue weighted by atomic mass is 16.3. The highest BCUT2D eigenvalue weighted by Gasteiger charge is 2.23. The molecule has 2 heteroatoms. The Morgan fingerprint density at radius 3 is 1.60 bits per heavy atom. The predicted octanol–water partition coefficient (Wildman–Crippen LogP) is 5.33. The van der Waals surface area contributed by atoms with E-state index in [2.05, 4.69) is 19.7 Å². The van der Waals surface area contributed by atoms with Crippen LogP contribution in [0.15, 0.2) is 84.9 Å². The normalized spacial score (nSPS) is 14.9. The summed E-state index contributed by atoms with van der Waals surface area (Å²) in [4.78, 5) is 0. The molecule has 2 nitrogen and oxygen atoms in total. The second kappa shape index (κ2) is 8.05. The molecule has 0 unspecified atom stereocenters. The molecule has 0 aliphatic carbocycles. The van der Waals surface area contributed by atoms with Gasteiger partial charge >= 0.3 is 0 Å². The topological polar surface area (TPSA) is 40.5 Å². The summed E-state index contributed by atoms with van der Waals surface area (Å²) < 4.78 is 0. The first kappa shape index (κ1) is 17.8. The van der Waals surface area contributed by atoms with Gasteiger partial charge in [-0.3, -0.25) is 0 Å². The van der Waals surface area contributed by atoms with E-state index in [-0.39, 0.29) is 16.9 Å². The van der Waals surface area contributed by atoms with Gasteiger partial charge in [0.15, 0.2) is 0 Å². The van der Waals surface area contributed by atoms with E-state index in [1.807, 2.05) is 19.9 Å². The molecular weight excluding hydrogens is 248 g/mol. The van der Waals surface area contributed by atoms with Crippen LogP contribution in [0.2, 0.25) is 0 Å². The quantitative estimate of drug-likeness (QED) is 0.486. The van der Waals surface area contributed by atoms with Gasteiger partial charge in [-0.25, -0.2) is 0 Å². The fourth-order valence-electron chi connectivity index (χ4n) is 1.68. The first-order valence-electron chi connectivity index (χ1n) is 6.36. The van der Waals surface area contributed by atoms with E-state index >= 15 is 0 Å². The lowest BCUT2D eigenvalue weighted by Crippen LogP contribution is -2.15. The fourth-order valence-corrected chi connectivity index (χ4v) is 1.68. The molecule has 0 amide bonds. The van der Waals surface area contributed by atoms with Crippen molar-refractivity contribution in [2.24, 2.45) is 5.41 Å². The zero-order valence-corrected chi connectivity index (χ0v) is 12.6. The van der Waals surface area contributed by atoms with Gasteiger partial charge in [0, 0.05) is 5.41 Å². The largest absolute Gasteiger partial charge is 0.513 e. The molecule has 0 fully saturated rings. The standard InChI is InChI=1S/C18H24O2/c1-7-15(11-10-14(4)19)18(5,6)16(8-2)12-13-17(20)9-3/h7-13,19-20H,1-3H2,4-6H3/b14-10+,15-11+,16-12+,17-13+. The fraction of sp³-hybridized carbons (Fsp3) is 0.222. The molecule has 0 heterocycles. The molecule has 0 aromatic rings. The van der Waals surface area contributed by atoms with E-state index in [1.165, 1.54) is 6.08 Å². The summed E-state index contributed by atoms with van der Waals surface area (Å²) in [5.74, 6) is 0.323. The number of hydrogen-bond acceptors (Lipinski definition) is 2. The molecule has 20 heavy (non-hydrogen) atoms. The number of allylic oxidation sites excluding steroid dienone is 10. The van der Waals surface area contributed by atoms with E-state index in [4.69, 9.17) is 0 Å². The highest BCUT2D eigenvalue weighted by Crippen LogP contribution is 2.36. The predicted molar refractivity (Wildman–Crippen MR) is 87.6 cm³/mol. The third kappa shape index (κ3) is 5.19. The molecule has 0 aromatic heterocycles. The summed E-state index contributed by atoms with van der Waals surface area (Å²) in [7, 11) is 0. The minimum absolute atomic E-state index is 0.0929. The van der Waals surface area contributed by atoms with Crippen LogP contribution < -0.4 is 0 Å². The van der Waals surface area contributed by atoms with Crippen molar-refractivity contribution in [3.05, 3.63) is 84.9 Å². The van der Waals surface area contributed by atoms with Crippen molar-refractivity contribution in [3.8, 4) is 0 Å². The van der Waals surface area contributed by atoms with Gasteiger partial charge in [-0.15, -0.1) is 0 Å². The van der Waals surface area contributed by atoms with Crippen molar-refractivity contribution >= 4 is 0 Å². The molecule has 0 atom stereocenters. The van der Waals surface area contributed by atoms with Crippen LogP contribution in [0.4, 0.5) is 0 Å². The molecule has 0 aliphatic rings. The van der Waals surface area contributed by atoms with Crippen LogP contribution in [-0.2, 0) is 0 Å². The van der Waals surface area contributed by atoms with Crippen LogP contribution in [0.5, 0.6) is 0 Å². The Bertz CT molecular complexity index is 494. The maximum absolute atomic E-state index is 9.43. The average molecular weight is 272 g/mol. The minimum Gasteiger partial charge on any atom is -0.513 e. The molecule has 0 aromatic carbocycles. The van der Waals surface area contributed by atoms with Gasteiger partial charge in [-0.05, 0) is 36.3 Å². The van der Waals surface area contributed by atoms with E-state index in [9.17, 15) is 10.2 Å². The first-order chi connectivity index (χ1) is 9.29. The van der Waals surface area contributed by atoms with Crippen LogP contribution in [0.1, 0.15) is 20.8 Å². The molecular formula is C18H24O2. The molecule has 0 spiro atoms. The maximum atomic E-state index is 9.43. The Balaban J connectivity index is 5.71. The van der Waals surface area contributed by atoms with Crippen molar-refractivity contribution in [2.45, 2.75) is 20.8 Å². The van der Waals surface area contributed by atoms with Crippen LogP contribution >= 0.6 is 0 Å². The van der Waals surface area contributed by atoms with Gasteiger partial charge < -0.3 is 10.2 Å². The summed E-state index contributed by atoms with van der Waals surface area (Å²) in [5.41, 5.74) is 1.50. The van der Waals surface area contributed by atoms with Gasteiger partial charge in [0.25, 0.3) is 0 Å². The maximum Gasteiger partial charge on any atom is 0.114 e. The zero-order chi connectivity index (χ0) is 15.8. The van der Waals surface area contributed by atoms with Crippen LogP contribution in [-0.4, -0.2) is 10.2 Å². The second-order valence-corrected chi connectivity index (χ2v) is 4.88. The van der Waals surface area contributed by atoms with Crippen molar-refractivity contribution in [2.75, 3.05) is 0 Å². The van der Waals surface area contributed by atoms with Gasteiger partial charge in [-0.2, -0.15) is 0 Å². The minimum atomic E-state index is -0.354. The summed E-state index contributed by atoms with van der Waals surface area (Å²) in [5, 5.41) is 18.7. The Morgan fingerprint density at radius 2 is 1.25 bits per heavy atom. The average Bonchev–Trinajstić information content (AvgIpc) is 2.38. The summed E-state index contributed by atoms with van der Waals surface area (Å²) in [6.45, 7) is 16.8. The lowest BCUT2D eigenvalue weighted by Gasteiger charge is -2.27. The van der Waals surface area contributed by atoms with E-state index in [1.54, 1.807) is 37.3 Å². The molecule has 0 saturated carbocycles. The zero-order valence-electron chi connectivity index (χ0n) is 12.6. The summed E-state index contributed by atoms with van der Waals surface area (Å²) in [6, 6.07) is 0. The lowest BCUT2D eigenvalue weighted by molar-refractivity contribution is 0.414. The van der Waals surface area contributed by atoms with Crippen LogP contribution in [0, 0.1) is 5.41 Å². The van der Waals surface area contributed by atoms with Crippen molar-refractivity contribution in [3.63, 3.8) is 0 Å². The van der Waals surface area contributed by atoms with Crippen molar-refractivity contribution in [1.29, 1.82) is 0 Å². The van der Waals surface area contributed by atoms with Crippen molar-refractivity contribution < 1.29 is 10.2 Å². The number of aliphatic hydroxyl groups is 2. The van der Waals surface area contributed by atoms with Crippen molar-refractivity contribution in [1.82, 2.24) is 0 Å². The Hall–Kier alpha value is -2.22. The summed E-state index contributed by atoms with van der Waals surface area (Å²) >= 11 is 0. The van der Waals surface area contributed by atoms with E-state index in [0.717, 1.165) is 11.1 Å². The summed E-state index contributed by atoms with van der Waals surface area (Å²) in [6.07, 6.45) is 11.6. The van der Waals surface area contributed by atoms with Crippen LogP contribution in [0.25, 0.3) is 0 Å².